The van der Waals surface area contributed by atoms with Crippen LogP contribution in [-0.2, 0) is 9.47 Å². The molecule has 2 unspecified atom stereocenters. The zero-order valence-electron chi connectivity index (χ0n) is 7.42. The highest BCUT2D eigenvalue weighted by atomic mass is 16.5. The van der Waals surface area contributed by atoms with Crippen molar-refractivity contribution < 1.29 is 9.47 Å². The van der Waals surface area contributed by atoms with Crippen LogP contribution in [0.5, 0.6) is 0 Å². The third-order valence-electron chi connectivity index (χ3n) is 2.71. The lowest BCUT2D eigenvalue weighted by Gasteiger charge is -2.33. The first-order valence-electron chi connectivity index (χ1n) is 4.86. The Kier molecular flexibility index (Phi) is 2.98. The van der Waals surface area contributed by atoms with Gasteiger partial charge in [-0.25, -0.2) is 0 Å². The van der Waals surface area contributed by atoms with Crippen molar-refractivity contribution in [3.63, 3.8) is 0 Å². The lowest BCUT2D eigenvalue weighted by Crippen LogP contribution is -2.48. The summed E-state index contributed by atoms with van der Waals surface area (Å²) in [7, 11) is 0. The summed E-state index contributed by atoms with van der Waals surface area (Å²) in [4.78, 5) is 0. The fraction of sp³-hybridized carbons (Fsp3) is 1.00. The van der Waals surface area contributed by atoms with Crippen LogP contribution in [0.3, 0.4) is 0 Å². The van der Waals surface area contributed by atoms with Gasteiger partial charge in [0.1, 0.15) is 0 Å². The van der Waals surface area contributed by atoms with Crippen molar-refractivity contribution in [1.29, 1.82) is 0 Å². The van der Waals surface area contributed by atoms with E-state index in [0.29, 0.717) is 12.0 Å². The first kappa shape index (κ1) is 8.48. The van der Waals surface area contributed by atoms with Gasteiger partial charge >= 0.3 is 0 Å². The van der Waals surface area contributed by atoms with E-state index >= 15 is 0 Å². The van der Waals surface area contributed by atoms with Crippen molar-refractivity contribution in [1.82, 2.24) is 5.32 Å². The molecule has 0 aliphatic carbocycles. The van der Waals surface area contributed by atoms with E-state index in [2.05, 4.69) is 5.32 Å². The highest BCUT2D eigenvalue weighted by Crippen LogP contribution is 2.18. The number of nitrogens with one attached hydrogen (secondary N) is 1. The van der Waals surface area contributed by atoms with Gasteiger partial charge in [-0.3, -0.25) is 0 Å². The number of hydrogen-bond acceptors (Lipinski definition) is 3. The number of hydrogen-bond donors (Lipinski definition) is 1. The predicted octanol–water partition coefficient (Wildman–Crippen LogP) is 0.401. The quantitative estimate of drug-likeness (QED) is 0.619. The summed E-state index contributed by atoms with van der Waals surface area (Å²) in [6.45, 7) is 4.60. The van der Waals surface area contributed by atoms with Crippen LogP contribution < -0.4 is 5.32 Å². The molecule has 0 amide bonds. The van der Waals surface area contributed by atoms with Crippen LogP contribution in [0.4, 0.5) is 0 Å². The minimum atomic E-state index is 0.541. The van der Waals surface area contributed by atoms with E-state index in [9.17, 15) is 0 Å². The van der Waals surface area contributed by atoms with Crippen LogP contribution in [0.15, 0.2) is 0 Å². The summed E-state index contributed by atoms with van der Waals surface area (Å²) < 4.78 is 10.9. The van der Waals surface area contributed by atoms with Crippen LogP contribution in [-0.4, -0.2) is 39.0 Å². The molecule has 3 nitrogen and oxygen atoms in total. The van der Waals surface area contributed by atoms with Gasteiger partial charge in [0.25, 0.3) is 0 Å². The van der Waals surface area contributed by atoms with Crippen molar-refractivity contribution in [2.45, 2.75) is 18.9 Å². The van der Waals surface area contributed by atoms with Crippen molar-refractivity contribution in [2.24, 2.45) is 5.92 Å². The maximum atomic E-state index is 5.44. The van der Waals surface area contributed by atoms with E-state index in [0.717, 1.165) is 33.0 Å². The lowest BCUT2D eigenvalue weighted by molar-refractivity contribution is -0.00260. The molecule has 2 aliphatic rings. The van der Waals surface area contributed by atoms with Gasteiger partial charge in [0.2, 0.25) is 0 Å². The Morgan fingerprint density at radius 3 is 2.67 bits per heavy atom. The number of ether oxygens (including phenoxy) is 2. The minimum Gasteiger partial charge on any atom is -0.381 e. The van der Waals surface area contributed by atoms with Crippen molar-refractivity contribution in [2.75, 3.05) is 33.0 Å². The van der Waals surface area contributed by atoms with E-state index in [1.54, 1.807) is 0 Å². The van der Waals surface area contributed by atoms with Gasteiger partial charge in [-0.15, -0.1) is 0 Å². The van der Waals surface area contributed by atoms with E-state index < -0.39 is 0 Å². The molecule has 2 fully saturated rings. The molecule has 2 heterocycles. The summed E-state index contributed by atoms with van der Waals surface area (Å²) in [5.74, 6) is 0.680. The van der Waals surface area contributed by atoms with Crippen LogP contribution in [0.1, 0.15) is 12.8 Å². The van der Waals surface area contributed by atoms with Gasteiger partial charge in [0, 0.05) is 19.2 Å². The Balaban J connectivity index is 1.80. The average molecular weight is 171 g/mol. The third kappa shape index (κ3) is 1.97. The molecule has 0 bridgehead atoms. The maximum absolute atomic E-state index is 5.44. The topological polar surface area (TPSA) is 30.5 Å². The lowest BCUT2D eigenvalue weighted by atomic mass is 9.94. The highest BCUT2D eigenvalue weighted by molar-refractivity contribution is 4.80. The zero-order valence-corrected chi connectivity index (χ0v) is 7.42. The zero-order chi connectivity index (χ0) is 8.23. The monoisotopic (exact) mass is 171 g/mol. The Bertz CT molecular complexity index is 112. The van der Waals surface area contributed by atoms with Gasteiger partial charge in [0.15, 0.2) is 0 Å². The van der Waals surface area contributed by atoms with Crippen LogP contribution in [0, 0.1) is 5.92 Å². The second-order valence-corrected chi connectivity index (χ2v) is 3.61. The molecule has 0 spiro atoms. The van der Waals surface area contributed by atoms with Gasteiger partial charge in [0.05, 0.1) is 19.8 Å². The molecule has 2 saturated heterocycles. The molecule has 0 radical (unpaired) electrons. The van der Waals surface area contributed by atoms with Crippen LogP contribution in [0.25, 0.3) is 0 Å². The molecule has 2 aliphatic heterocycles. The van der Waals surface area contributed by atoms with Gasteiger partial charge < -0.3 is 14.8 Å². The summed E-state index contributed by atoms with van der Waals surface area (Å²) in [5.41, 5.74) is 0. The molecule has 0 saturated carbocycles. The standard InChI is InChI=1S/C9H17NO2/c1-2-8(6-11-4-1)9-7-12-5-3-10-9/h8-10H,1-7H2. The van der Waals surface area contributed by atoms with Crippen molar-refractivity contribution in [3.8, 4) is 0 Å². The second-order valence-electron chi connectivity index (χ2n) is 3.61. The average Bonchev–Trinajstić information content (AvgIpc) is 2.21. The Hall–Kier alpha value is -0.120. The second kappa shape index (κ2) is 4.21. The molecular formula is C9H17NO2. The molecule has 70 valence electrons. The first-order chi connectivity index (χ1) is 5.97. The molecule has 0 aromatic heterocycles. The summed E-state index contributed by atoms with van der Waals surface area (Å²) >= 11 is 0. The highest BCUT2D eigenvalue weighted by Gasteiger charge is 2.25. The number of morpholine rings is 1. The minimum absolute atomic E-state index is 0.541. The predicted molar refractivity (Wildman–Crippen MR) is 46.2 cm³/mol. The normalized spacial score (nSPS) is 38.0. The summed E-state index contributed by atoms with van der Waals surface area (Å²) in [6, 6.07) is 0.541. The first-order valence-corrected chi connectivity index (χ1v) is 4.86. The molecule has 3 heteroatoms. The van der Waals surface area contributed by atoms with Crippen molar-refractivity contribution >= 4 is 0 Å². The summed E-state index contributed by atoms with van der Waals surface area (Å²) in [6.07, 6.45) is 2.50. The molecule has 2 atom stereocenters. The fourth-order valence-electron chi connectivity index (χ4n) is 1.97. The summed E-state index contributed by atoms with van der Waals surface area (Å²) in [5, 5.41) is 3.48. The van der Waals surface area contributed by atoms with Crippen LogP contribution >= 0.6 is 0 Å². The van der Waals surface area contributed by atoms with E-state index in [1.807, 2.05) is 0 Å². The van der Waals surface area contributed by atoms with E-state index in [4.69, 9.17) is 9.47 Å². The largest absolute Gasteiger partial charge is 0.381 e. The number of rotatable bonds is 1. The Labute approximate surface area is 73.4 Å². The van der Waals surface area contributed by atoms with E-state index in [-0.39, 0.29) is 0 Å². The SMILES string of the molecule is C1COCC(C2COCCN2)C1. The molecule has 2 rings (SSSR count). The molecule has 0 aromatic carbocycles. The molecular weight excluding hydrogens is 154 g/mol. The van der Waals surface area contributed by atoms with Gasteiger partial charge in [-0.2, -0.15) is 0 Å². The van der Waals surface area contributed by atoms with E-state index in [1.165, 1.54) is 12.8 Å². The maximum Gasteiger partial charge on any atom is 0.0623 e. The third-order valence-corrected chi connectivity index (χ3v) is 2.71. The Morgan fingerprint density at radius 1 is 1.08 bits per heavy atom. The molecule has 0 aromatic rings. The molecule has 1 N–H and O–H groups in total. The fourth-order valence-corrected chi connectivity index (χ4v) is 1.97. The van der Waals surface area contributed by atoms with Crippen molar-refractivity contribution in [3.05, 3.63) is 0 Å². The van der Waals surface area contributed by atoms with Gasteiger partial charge in [-0.05, 0) is 18.8 Å². The van der Waals surface area contributed by atoms with Gasteiger partial charge in [-0.1, -0.05) is 0 Å². The smallest absolute Gasteiger partial charge is 0.0623 e. The Morgan fingerprint density at radius 2 is 2.00 bits per heavy atom. The molecule has 12 heavy (non-hydrogen) atoms. The van der Waals surface area contributed by atoms with Crippen LogP contribution in [0.2, 0.25) is 0 Å².